The highest BCUT2D eigenvalue weighted by atomic mass is 16.1. The maximum Gasteiger partial charge on any atom is 0.178 e. The Morgan fingerprint density at radius 1 is 1.09 bits per heavy atom. The van der Waals surface area contributed by atoms with Crippen LogP contribution in [0.25, 0.3) is 10.9 Å². The lowest BCUT2D eigenvalue weighted by atomic mass is 10.1. The van der Waals surface area contributed by atoms with Crippen molar-refractivity contribution in [2.45, 2.75) is 18.9 Å². The number of carbonyl (C=O) groups excluding carboxylic acids is 1. The number of fused-ring (bicyclic) bond motifs is 2. The van der Waals surface area contributed by atoms with Gasteiger partial charge in [0, 0.05) is 28.7 Å². The predicted octanol–water partition coefficient (Wildman–Crippen LogP) is 3.45. The monoisotopic (exact) mass is 304 g/mol. The van der Waals surface area contributed by atoms with Crippen molar-refractivity contribution in [3.05, 3.63) is 71.4 Å². The number of Topliss-reactive ketones (excluding diaryl/α,β-unsaturated/α-hetero) is 1. The number of hydrogen-bond donors (Lipinski definition) is 1. The van der Waals surface area contributed by atoms with E-state index in [9.17, 15) is 4.79 Å². The molecular formula is C20H20N2O. The van der Waals surface area contributed by atoms with Crippen molar-refractivity contribution < 1.29 is 4.79 Å². The van der Waals surface area contributed by atoms with E-state index in [-0.39, 0.29) is 5.78 Å². The second kappa shape index (κ2) is 5.67. The molecule has 0 aliphatic heterocycles. The summed E-state index contributed by atoms with van der Waals surface area (Å²) in [5, 5.41) is 1.01. The number of para-hydroxylation sites is 1. The van der Waals surface area contributed by atoms with Crippen LogP contribution in [0.5, 0.6) is 0 Å². The summed E-state index contributed by atoms with van der Waals surface area (Å²) < 4.78 is 0. The summed E-state index contributed by atoms with van der Waals surface area (Å²) in [6, 6.07) is 17.0. The van der Waals surface area contributed by atoms with Crippen molar-refractivity contribution in [1.29, 1.82) is 0 Å². The second-order valence-electron chi connectivity index (χ2n) is 6.42. The lowest BCUT2D eigenvalue weighted by Crippen LogP contribution is -2.36. The molecule has 0 bridgehead atoms. The minimum absolute atomic E-state index is 0.181. The number of carbonyl (C=O) groups is 1. The van der Waals surface area contributed by atoms with Crippen molar-refractivity contribution in [2.75, 3.05) is 13.6 Å². The minimum atomic E-state index is 0.181. The van der Waals surface area contributed by atoms with Gasteiger partial charge in [-0.3, -0.25) is 9.69 Å². The summed E-state index contributed by atoms with van der Waals surface area (Å²) >= 11 is 0. The van der Waals surface area contributed by atoms with Gasteiger partial charge >= 0.3 is 0 Å². The van der Waals surface area contributed by atoms with Crippen LogP contribution in [0.1, 0.15) is 21.5 Å². The molecule has 4 rings (SSSR count). The van der Waals surface area contributed by atoms with Crippen LogP contribution in [0.2, 0.25) is 0 Å². The first-order chi connectivity index (χ1) is 11.2. The SMILES string of the molecule is CN(CC(=O)c1c[nH]c2ccccc12)C1Cc2ccccc2C1. The summed E-state index contributed by atoms with van der Waals surface area (Å²) in [5.74, 6) is 0.181. The third kappa shape index (κ3) is 2.57. The third-order valence-corrected chi connectivity index (χ3v) is 4.94. The van der Waals surface area contributed by atoms with Crippen molar-refractivity contribution >= 4 is 16.7 Å². The molecule has 1 N–H and O–H groups in total. The molecule has 0 saturated heterocycles. The van der Waals surface area contributed by atoms with Gasteiger partial charge in [0.1, 0.15) is 0 Å². The highest BCUT2D eigenvalue weighted by Crippen LogP contribution is 2.25. The summed E-state index contributed by atoms with van der Waals surface area (Å²) in [4.78, 5) is 18.1. The third-order valence-electron chi connectivity index (χ3n) is 4.94. The van der Waals surface area contributed by atoms with Gasteiger partial charge in [0.15, 0.2) is 5.78 Å². The van der Waals surface area contributed by atoms with Gasteiger partial charge < -0.3 is 4.98 Å². The number of likely N-dealkylation sites (N-methyl/N-ethyl adjacent to an activating group) is 1. The molecule has 1 aromatic heterocycles. The zero-order valence-corrected chi connectivity index (χ0v) is 13.3. The van der Waals surface area contributed by atoms with Gasteiger partial charge in [-0.15, -0.1) is 0 Å². The fourth-order valence-corrected chi connectivity index (χ4v) is 3.59. The number of rotatable bonds is 4. The Balaban J connectivity index is 1.49. The Labute approximate surface area is 135 Å². The van der Waals surface area contributed by atoms with Gasteiger partial charge in [-0.05, 0) is 37.1 Å². The highest BCUT2D eigenvalue weighted by Gasteiger charge is 2.26. The molecule has 23 heavy (non-hydrogen) atoms. The lowest BCUT2D eigenvalue weighted by molar-refractivity contribution is 0.0923. The van der Waals surface area contributed by atoms with Crippen LogP contribution < -0.4 is 0 Å². The van der Waals surface area contributed by atoms with Crippen LogP contribution in [0, 0.1) is 0 Å². The fraction of sp³-hybridized carbons (Fsp3) is 0.250. The minimum Gasteiger partial charge on any atom is -0.360 e. The zero-order valence-electron chi connectivity index (χ0n) is 13.3. The van der Waals surface area contributed by atoms with Gasteiger partial charge in [0.25, 0.3) is 0 Å². The maximum atomic E-state index is 12.7. The summed E-state index contributed by atoms with van der Waals surface area (Å²) in [5.41, 5.74) is 4.66. The van der Waals surface area contributed by atoms with E-state index in [0.29, 0.717) is 12.6 Å². The van der Waals surface area contributed by atoms with Crippen LogP contribution in [0.3, 0.4) is 0 Å². The van der Waals surface area contributed by atoms with Crippen molar-refractivity contribution in [3.63, 3.8) is 0 Å². The van der Waals surface area contributed by atoms with E-state index >= 15 is 0 Å². The van der Waals surface area contributed by atoms with Gasteiger partial charge in [0.05, 0.1) is 6.54 Å². The number of aromatic nitrogens is 1. The number of nitrogens with zero attached hydrogens (tertiary/aromatic N) is 1. The number of aromatic amines is 1. The van der Waals surface area contributed by atoms with E-state index in [0.717, 1.165) is 29.3 Å². The molecule has 3 nitrogen and oxygen atoms in total. The number of benzene rings is 2. The molecule has 0 spiro atoms. The van der Waals surface area contributed by atoms with E-state index in [1.165, 1.54) is 11.1 Å². The van der Waals surface area contributed by atoms with Crippen molar-refractivity contribution in [3.8, 4) is 0 Å². The first-order valence-electron chi connectivity index (χ1n) is 8.08. The van der Waals surface area contributed by atoms with Crippen molar-refractivity contribution in [2.24, 2.45) is 0 Å². The molecule has 0 atom stereocenters. The Kier molecular flexibility index (Phi) is 3.50. The Hall–Kier alpha value is -2.39. The number of ketones is 1. The van der Waals surface area contributed by atoms with E-state index < -0.39 is 0 Å². The van der Waals surface area contributed by atoms with Gasteiger partial charge in [-0.2, -0.15) is 0 Å². The standard InChI is InChI=1S/C20H20N2O/c1-22(16-10-14-6-2-3-7-15(14)11-16)13-20(23)18-12-21-19-9-5-4-8-17(18)19/h2-9,12,16,21H,10-11,13H2,1H3. The van der Waals surface area contributed by atoms with Crippen LogP contribution in [-0.4, -0.2) is 35.3 Å². The average Bonchev–Trinajstić information content (AvgIpc) is 3.18. The Morgan fingerprint density at radius 2 is 1.74 bits per heavy atom. The molecule has 0 amide bonds. The first-order valence-corrected chi connectivity index (χ1v) is 8.08. The van der Waals surface area contributed by atoms with E-state index in [2.05, 4.69) is 41.2 Å². The normalized spacial score (nSPS) is 14.5. The van der Waals surface area contributed by atoms with Crippen LogP contribution in [-0.2, 0) is 12.8 Å². The van der Waals surface area contributed by atoms with Gasteiger partial charge in [0.2, 0.25) is 0 Å². The molecule has 1 aliphatic carbocycles. The molecule has 3 heteroatoms. The Morgan fingerprint density at radius 3 is 2.48 bits per heavy atom. The van der Waals surface area contributed by atoms with Crippen LogP contribution in [0.4, 0.5) is 0 Å². The van der Waals surface area contributed by atoms with Crippen LogP contribution in [0.15, 0.2) is 54.7 Å². The van der Waals surface area contributed by atoms with Gasteiger partial charge in [-0.1, -0.05) is 42.5 Å². The molecule has 0 fully saturated rings. The van der Waals surface area contributed by atoms with Crippen molar-refractivity contribution in [1.82, 2.24) is 9.88 Å². The molecule has 1 heterocycles. The molecule has 116 valence electrons. The average molecular weight is 304 g/mol. The van der Waals surface area contributed by atoms with Gasteiger partial charge in [-0.25, -0.2) is 0 Å². The lowest BCUT2D eigenvalue weighted by Gasteiger charge is -2.23. The predicted molar refractivity (Wildman–Crippen MR) is 92.9 cm³/mol. The molecule has 3 aromatic rings. The Bertz CT molecular complexity index is 840. The summed E-state index contributed by atoms with van der Waals surface area (Å²) in [6.07, 6.45) is 3.91. The number of nitrogens with one attached hydrogen (secondary N) is 1. The number of hydrogen-bond acceptors (Lipinski definition) is 2. The zero-order chi connectivity index (χ0) is 15.8. The van der Waals surface area contributed by atoms with Crippen LogP contribution >= 0.6 is 0 Å². The second-order valence-corrected chi connectivity index (χ2v) is 6.42. The molecular weight excluding hydrogens is 284 g/mol. The molecule has 1 aliphatic rings. The summed E-state index contributed by atoms with van der Waals surface area (Å²) in [6.45, 7) is 0.459. The number of H-pyrrole nitrogens is 1. The topological polar surface area (TPSA) is 36.1 Å². The molecule has 0 saturated carbocycles. The molecule has 0 unspecified atom stereocenters. The smallest absolute Gasteiger partial charge is 0.178 e. The largest absolute Gasteiger partial charge is 0.360 e. The molecule has 0 radical (unpaired) electrons. The van der Waals surface area contributed by atoms with E-state index in [4.69, 9.17) is 0 Å². The quantitative estimate of drug-likeness (QED) is 0.749. The maximum absolute atomic E-state index is 12.7. The first kappa shape index (κ1) is 14.2. The fourth-order valence-electron chi connectivity index (χ4n) is 3.59. The van der Waals surface area contributed by atoms with E-state index in [1.54, 1.807) is 0 Å². The molecule has 2 aromatic carbocycles. The summed E-state index contributed by atoms with van der Waals surface area (Å²) in [7, 11) is 2.06. The highest BCUT2D eigenvalue weighted by molar-refractivity contribution is 6.08. The van der Waals surface area contributed by atoms with E-state index in [1.807, 2.05) is 30.5 Å².